The van der Waals surface area contributed by atoms with Crippen LogP contribution in [0, 0.1) is 5.92 Å². The molecule has 12 heteroatoms. The van der Waals surface area contributed by atoms with Gasteiger partial charge in [0.2, 0.25) is 0 Å². The largest absolute Gasteiger partial charge is 0.407 e. The number of nitrogens with one attached hydrogen (secondary N) is 3. The number of rotatable bonds is 12. The molecule has 3 aromatic carbocycles. The summed E-state index contributed by atoms with van der Waals surface area (Å²) < 4.78 is 35.3. The lowest BCUT2D eigenvalue weighted by Gasteiger charge is -2.44. The average molecular weight is 745 g/mol. The molecule has 0 aromatic heterocycles. The van der Waals surface area contributed by atoms with E-state index in [9.17, 15) is 22.8 Å². The van der Waals surface area contributed by atoms with Crippen LogP contribution in [-0.2, 0) is 25.7 Å². The number of benzene rings is 3. The molecule has 3 aromatic rings. The molecule has 2 aliphatic rings. The van der Waals surface area contributed by atoms with Gasteiger partial charge in [-0.2, -0.15) is 0 Å². The molecule has 0 radical (unpaired) electrons. The maximum absolute atomic E-state index is 13.0. The normalized spacial score (nSPS) is 18.3. The molecule has 52 heavy (non-hydrogen) atoms. The highest BCUT2D eigenvalue weighted by molar-refractivity contribution is 7.90. The van der Waals surface area contributed by atoms with Gasteiger partial charge in [0.05, 0.1) is 11.4 Å². The van der Waals surface area contributed by atoms with Crippen LogP contribution in [0.1, 0.15) is 72.3 Å². The Hall–Kier alpha value is -4.26. The second-order valence-electron chi connectivity index (χ2n) is 14.9. The molecule has 0 bridgehead atoms. The zero-order chi connectivity index (χ0) is 37.5. The topological polar surface area (TPSA) is 134 Å². The standard InChI is InChI=1S/C40H52N4O6SSi/c1-6-36-29(2)27-44(37(36)45)39(47)41-26-25-30-19-23-33(24-20-30)51(48,49)43-38(46)42-32-21-17-31(18-22-32)28-50-52(40(3,4)5,34-13-9-7-10-14-34)35-15-11-8-12-16-35/h7-16,19-20,23-24,31-32H,6,17-18,21-22,25-28H2,1-5H3,(H,41,47)(H2,42,43,46). The van der Waals surface area contributed by atoms with Crippen molar-refractivity contribution in [2.24, 2.45) is 5.92 Å². The summed E-state index contributed by atoms with van der Waals surface area (Å²) in [5, 5.41) is 8.01. The van der Waals surface area contributed by atoms with E-state index in [2.05, 4.69) is 84.7 Å². The van der Waals surface area contributed by atoms with E-state index in [1.54, 1.807) is 12.1 Å². The summed E-state index contributed by atoms with van der Waals surface area (Å²) >= 11 is 0. The number of urea groups is 2. The van der Waals surface area contributed by atoms with Gasteiger partial charge >= 0.3 is 12.1 Å². The Balaban J connectivity index is 1.09. The first-order valence-electron chi connectivity index (χ1n) is 18.2. The van der Waals surface area contributed by atoms with E-state index < -0.39 is 30.4 Å². The molecule has 1 heterocycles. The number of carbonyl (C=O) groups is 3. The van der Waals surface area contributed by atoms with Gasteiger partial charge in [0, 0.05) is 24.8 Å². The van der Waals surface area contributed by atoms with Gasteiger partial charge < -0.3 is 15.1 Å². The number of hydrogen-bond acceptors (Lipinski definition) is 6. The lowest BCUT2D eigenvalue weighted by molar-refractivity contribution is -0.123. The van der Waals surface area contributed by atoms with Crippen LogP contribution in [0.15, 0.2) is 101 Å². The molecule has 0 saturated heterocycles. The average Bonchev–Trinajstić information content (AvgIpc) is 3.41. The van der Waals surface area contributed by atoms with Gasteiger partial charge in [0.25, 0.3) is 24.2 Å². The summed E-state index contributed by atoms with van der Waals surface area (Å²) in [6, 6.07) is 26.0. The van der Waals surface area contributed by atoms with Gasteiger partial charge in [-0.05, 0) is 90.0 Å². The summed E-state index contributed by atoms with van der Waals surface area (Å²) in [7, 11) is -6.73. The Morgan fingerprint density at radius 3 is 1.98 bits per heavy atom. The zero-order valence-corrected chi connectivity index (χ0v) is 32.7. The van der Waals surface area contributed by atoms with Crippen molar-refractivity contribution in [1.82, 2.24) is 20.3 Å². The summed E-state index contributed by atoms with van der Waals surface area (Å²) in [5.41, 5.74) is 2.38. The molecule has 1 aliphatic carbocycles. The molecule has 278 valence electrons. The number of hydrogen-bond donors (Lipinski definition) is 3. The molecule has 5 rings (SSSR count). The van der Waals surface area contributed by atoms with Gasteiger partial charge in [-0.3, -0.25) is 9.69 Å². The Labute approximate surface area is 309 Å². The van der Waals surface area contributed by atoms with Crippen LogP contribution in [-0.4, -0.2) is 65.3 Å². The summed E-state index contributed by atoms with van der Waals surface area (Å²) in [6.45, 7) is 11.8. The zero-order valence-electron chi connectivity index (χ0n) is 30.9. The quantitative estimate of drug-likeness (QED) is 0.206. The minimum atomic E-state index is -4.09. The Morgan fingerprint density at radius 2 is 1.46 bits per heavy atom. The highest BCUT2D eigenvalue weighted by Crippen LogP contribution is 2.38. The van der Waals surface area contributed by atoms with Crippen molar-refractivity contribution in [2.45, 2.75) is 89.1 Å². The third kappa shape index (κ3) is 8.84. The number of sulfonamides is 1. The molecule has 5 amide bonds. The van der Waals surface area contributed by atoms with E-state index in [1.165, 1.54) is 27.4 Å². The van der Waals surface area contributed by atoms with Crippen LogP contribution in [0.25, 0.3) is 0 Å². The van der Waals surface area contributed by atoms with Crippen molar-refractivity contribution in [2.75, 3.05) is 19.7 Å². The van der Waals surface area contributed by atoms with E-state index in [1.807, 2.05) is 26.0 Å². The lowest BCUT2D eigenvalue weighted by atomic mass is 9.87. The lowest BCUT2D eigenvalue weighted by Crippen LogP contribution is -2.67. The number of nitrogens with zero attached hydrogens (tertiary/aromatic N) is 1. The van der Waals surface area contributed by atoms with Crippen molar-refractivity contribution in [3.63, 3.8) is 0 Å². The number of carbonyl (C=O) groups excluding carboxylic acids is 3. The molecule has 10 nitrogen and oxygen atoms in total. The van der Waals surface area contributed by atoms with Crippen LogP contribution in [0.2, 0.25) is 5.04 Å². The third-order valence-corrected chi connectivity index (χ3v) is 16.6. The monoisotopic (exact) mass is 744 g/mol. The Kier molecular flexibility index (Phi) is 12.4. The molecule has 0 unspecified atom stereocenters. The fourth-order valence-electron chi connectivity index (χ4n) is 7.49. The highest BCUT2D eigenvalue weighted by atomic mass is 32.2. The van der Waals surface area contributed by atoms with Crippen LogP contribution < -0.4 is 25.7 Å². The Bertz CT molecular complexity index is 1810. The molecule has 0 spiro atoms. The van der Waals surface area contributed by atoms with E-state index in [0.717, 1.165) is 36.8 Å². The maximum Gasteiger partial charge on any atom is 0.328 e. The molecular formula is C40H52N4O6SSi. The van der Waals surface area contributed by atoms with Crippen molar-refractivity contribution < 1.29 is 27.2 Å². The predicted molar refractivity (Wildman–Crippen MR) is 206 cm³/mol. The van der Waals surface area contributed by atoms with Crippen molar-refractivity contribution in [1.29, 1.82) is 0 Å². The second-order valence-corrected chi connectivity index (χ2v) is 20.9. The van der Waals surface area contributed by atoms with Crippen molar-refractivity contribution >= 4 is 46.7 Å². The number of imide groups is 1. The fourth-order valence-corrected chi connectivity index (χ4v) is 13.0. The smallest absolute Gasteiger partial charge is 0.328 e. The van der Waals surface area contributed by atoms with Crippen LogP contribution in [0.4, 0.5) is 9.59 Å². The summed E-state index contributed by atoms with van der Waals surface area (Å²) in [6.07, 6.45) is 4.22. The first kappa shape index (κ1) is 39.0. The molecular weight excluding hydrogens is 693 g/mol. The molecule has 1 aliphatic heterocycles. The molecule has 1 fully saturated rings. The van der Waals surface area contributed by atoms with E-state index in [4.69, 9.17) is 4.43 Å². The Morgan fingerprint density at radius 1 is 0.885 bits per heavy atom. The van der Waals surface area contributed by atoms with E-state index in [-0.39, 0.29) is 28.4 Å². The van der Waals surface area contributed by atoms with Crippen LogP contribution in [0.3, 0.4) is 0 Å². The third-order valence-electron chi connectivity index (χ3n) is 10.3. The first-order valence-corrected chi connectivity index (χ1v) is 21.6. The van der Waals surface area contributed by atoms with Gasteiger partial charge in [0.1, 0.15) is 0 Å². The molecule has 3 N–H and O–H groups in total. The second kappa shape index (κ2) is 16.6. The fraction of sp³-hybridized carbons (Fsp3) is 0.425. The van der Waals surface area contributed by atoms with Crippen LogP contribution in [0.5, 0.6) is 0 Å². The van der Waals surface area contributed by atoms with Crippen LogP contribution >= 0.6 is 0 Å². The highest BCUT2D eigenvalue weighted by Gasteiger charge is 2.50. The first-order chi connectivity index (χ1) is 24.7. The van der Waals surface area contributed by atoms with E-state index in [0.29, 0.717) is 37.5 Å². The molecule has 1 saturated carbocycles. The number of amides is 5. The SMILES string of the molecule is CCC1=C(C)CN(C(=O)NCCc2ccc(S(=O)(=O)NC(=O)NC3CCC(CO[Si](c4ccccc4)(c4ccccc4)C(C)(C)C)CC3)cc2)C1=O. The summed E-state index contributed by atoms with van der Waals surface area (Å²) in [4.78, 5) is 39.0. The minimum Gasteiger partial charge on any atom is -0.407 e. The molecule has 0 atom stereocenters. The van der Waals surface area contributed by atoms with Gasteiger partial charge in [0.15, 0.2) is 0 Å². The van der Waals surface area contributed by atoms with Gasteiger partial charge in [-0.15, -0.1) is 0 Å². The predicted octanol–water partition coefficient (Wildman–Crippen LogP) is 5.63. The summed E-state index contributed by atoms with van der Waals surface area (Å²) in [5.74, 6) is 0.0734. The van der Waals surface area contributed by atoms with Gasteiger partial charge in [-0.25, -0.2) is 22.7 Å². The van der Waals surface area contributed by atoms with E-state index >= 15 is 0 Å². The van der Waals surface area contributed by atoms with Gasteiger partial charge in [-0.1, -0.05) is 100 Å². The van der Waals surface area contributed by atoms with Crippen molar-refractivity contribution in [3.05, 3.63) is 102 Å². The maximum atomic E-state index is 13.0. The minimum absolute atomic E-state index is 0.0315. The van der Waals surface area contributed by atoms with Crippen molar-refractivity contribution in [3.8, 4) is 0 Å².